The van der Waals surface area contributed by atoms with Crippen molar-refractivity contribution in [2.75, 3.05) is 6.54 Å². The Hall–Kier alpha value is -2.61. The van der Waals surface area contributed by atoms with Crippen LogP contribution in [0, 0.1) is 6.92 Å². The lowest BCUT2D eigenvalue weighted by molar-refractivity contribution is 0.0919. The van der Waals surface area contributed by atoms with Crippen LogP contribution in [-0.2, 0) is 6.61 Å². The maximum Gasteiger partial charge on any atom is 0.315 e. The summed E-state index contributed by atoms with van der Waals surface area (Å²) in [6, 6.07) is 8.04. The SMILES string of the molecule is CCCCNC(=O)NC1CCC(NC(=O)c2csc(COc3ccc(C)cc3)n2)CC1. The normalized spacial score (nSPS) is 18.3. The molecule has 1 aromatic heterocycles. The lowest BCUT2D eigenvalue weighted by Crippen LogP contribution is -2.47. The van der Waals surface area contributed by atoms with Crippen LogP contribution in [-0.4, -0.2) is 35.6 Å². The molecule has 0 bridgehead atoms. The molecular formula is C23H32N4O3S. The summed E-state index contributed by atoms with van der Waals surface area (Å²) in [7, 11) is 0. The third-order valence-electron chi connectivity index (χ3n) is 5.38. The van der Waals surface area contributed by atoms with E-state index in [1.807, 2.05) is 31.2 Å². The Bertz CT molecular complexity index is 845. The van der Waals surface area contributed by atoms with Gasteiger partial charge in [-0.15, -0.1) is 11.3 Å². The van der Waals surface area contributed by atoms with Gasteiger partial charge in [0.1, 0.15) is 23.1 Å². The maximum atomic E-state index is 12.6. The predicted octanol–water partition coefficient (Wildman–Crippen LogP) is 4.17. The summed E-state index contributed by atoms with van der Waals surface area (Å²) in [5.41, 5.74) is 1.61. The Kier molecular flexibility index (Phi) is 8.70. The summed E-state index contributed by atoms with van der Waals surface area (Å²) in [6.07, 6.45) is 5.46. The molecule has 1 aliphatic rings. The minimum Gasteiger partial charge on any atom is -0.486 e. The number of hydrogen-bond donors (Lipinski definition) is 3. The molecule has 3 N–H and O–H groups in total. The van der Waals surface area contributed by atoms with Crippen molar-refractivity contribution >= 4 is 23.3 Å². The van der Waals surface area contributed by atoms with Gasteiger partial charge >= 0.3 is 6.03 Å². The molecule has 1 aliphatic carbocycles. The van der Waals surface area contributed by atoms with Gasteiger partial charge in [0.25, 0.3) is 5.91 Å². The largest absolute Gasteiger partial charge is 0.486 e. The maximum absolute atomic E-state index is 12.6. The number of rotatable bonds is 9. The van der Waals surface area contributed by atoms with Gasteiger partial charge < -0.3 is 20.7 Å². The Morgan fingerprint density at radius 3 is 2.45 bits per heavy atom. The average Bonchev–Trinajstić information content (AvgIpc) is 3.24. The highest BCUT2D eigenvalue weighted by molar-refractivity contribution is 7.09. The van der Waals surface area contributed by atoms with E-state index in [0.29, 0.717) is 18.8 Å². The van der Waals surface area contributed by atoms with Gasteiger partial charge in [-0.2, -0.15) is 0 Å². The van der Waals surface area contributed by atoms with Crippen LogP contribution in [0.15, 0.2) is 29.6 Å². The molecule has 168 valence electrons. The first-order valence-corrected chi connectivity index (χ1v) is 11.9. The number of unbranched alkanes of at least 4 members (excludes halogenated alkanes) is 1. The van der Waals surface area contributed by atoms with Crippen LogP contribution >= 0.6 is 11.3 Å². The summed E-state index contributed by atoms with van der Waals surface area (Å²) in [5, 5.41) is 11.5. The molecule has 0 unspecified atom stereocenters. The molecule has 3 rings (SSSR count). The highest BCUT2D eigenvalue weighted by atomic mass is 32.1. The number of urea groups is 1. The molecule has 0 atom stereocenters. The minimum atomic E-state index is -0.147. The van der Waals surface area contributed by atoms with Crippen molar-refractivity contribution in [3.63, 3.8) is 0 Å². The summed E-state index contributed by atoms with van der Waals surface area (Å²) in [5.74, 6) is 0.641. The molecule has 1 heterocycles. The lowest BCUT2D eigenvalue weighted by Gasteiger charge is -2.29. The number of amides is 3. The number of ether oxygens (including phenoxy) is 1. The lowest BCUT2D eigenvalue weighted by atomic mass is 9.91. The van der Waals surface area contributed by atoms with Gasteiger partial charge in [0.15, 0.2) is 0 Å². The van der Waals surface area contributed by atoms with Crippen LogP contribution < -0.4 is 20.7 Å². The van der Waals surface area contributed by atoms with Crippen LogP contribution in [0.2, 0.25) is 0 Å². The Morgan fingerprint density at radius 1 is 1.10 bits per heavy atom. The smallest absolute Gasteiger partial charge is 0.315 e. The molecular weight excluding hydrogens is 412 g/mol. The van der Waals surface area contributed by atoms with Crippen molar-refractivity contribution < 1.29 is 14.3 Å². The molecule has 1 saturated carbocycles. The number of nitrogens with zero attached hydrogens (tertiary/aromatic N) is 1. The van der Waals surface area contributed by atoms with Crippen molar-refractivity contribution in [3.05, 3.63) is 45.9 Å². The van der Waals surface area contributed by atoms with Crippen molar-refractivity contribution in [2.24, 2.45) is 0 Å². The van der Waals surface area contributed by atoms with Crippen LogP contribution in [0.1, 0.15) is 66.5 Å². The first-order valence-electron chi connectivity index (χ1n) is 11.0. The second-order valence-electron chi connectivity index (χ2n) is 8.00. The van der Waals surface area contributed by atoms with E-state index >= 15 is 0 Å². The van der Waals surface area contributed by atoms with Crippen LogP contribution in [0.25, 0.3) is 0 Å². The van der Waals surface area contributed by atoms with Gasteiger partial charge in [-0.3, -0.25) is 4.79 Å². The fraction of sp³-hybridized carbons (Fsp3) is 0.522. The van der Waals surface area contributed by atoms with Crippen molar-refractivity contribution in [1.29, 1.82) is 0 Å². The van der Waals surface area contributed by atoms with E-state index < -0.39 is 0 Å². The quantitative estimate of drug-likeness (QED) is 0.506. The highest BCUT2D eigenvalue weighted by Crippen LogP contribution is 2.20. The zero-order valence-corrected chi connectivity index (χ0v) is 19.1. The van der Waals surface area contributed by atoms with Crippen LogP contribution in [0.4, 0.5) is 4.79 Å². The number of benzene rings is 1. The number of thiazole rings is 1. The van der Waals surface area contributed by atoms with E-state index in [1.165, 1.54) is 16.9 Å². The Labute approximate surface area is 188 Å². The van der Waals surface area contributed by atoms with Crippen molar-refractivity contribution in [3.8, 4) is 5.75 Å². The third kappa shape index (κ3) is 7.54. The molecule has 7 nitrogen and oxygen atoms in total. The molecule has 1 fully saturated rings. The van der Waals surface area contributed by atoms with Gasteiger partial charge in [0.2, 0.25) is 0 Å². The van der Waals surface area contributed by atoms with Crippen LogP contribution in [0.3, 0.4) is 0 Å². The minimum absolute atomic E-state index is 0.0937. The number of carbonyl (C=O) groups excluding carboxylic acids is 2. The van der Waals surface area contributed by atoms with E-state index in [9.17, 15) is 9.59 Å². The molecule has 0 saturated heterocycles. The molecule has 2 aromatic rings. The zero-order valence-electron chi connectivity index (χ0n) is 18.3. The number of aryl methyl sites for hydroxylation is 1. The number of aromatic nitrogens is 1. The molecule has 8 heteroatoms. The van der Waals surface area contributed by atoms with Gasteiger partial charge in [-0.25, -0.2) is 9.78 Å². The predicted molar refractivity (Wildman–Crippen MR) is 123 cm³/mol. The third-order valence-corrected chi connectivity index (χ3v) is 6.20. The number of carbonyl (C=O) groups is 2. The van der Waals surface area contributed by atoms with E-state index in [-0.39, 0.29) is 24.0 Å². The second-order valence-corrected chi connectivity index (χ2v) is 8.95. The van der Waals surface area contributed by atoms with Crippen molar-refractivity contribution in [2.45, 2.75) is 71.1 Å². The summed E-state index contributed by atoms with van der Waals surface area (Å²) < 4.78 is 5.74. The molecule has 31 heavy (non-hydrogen) atoms. The fourth-order valence-electron chi connectivity index (χ4n) is 3.52. The highest BCUT2D eigenvalue weighted by Gasteiger charge is 2.24. The first kappa shape index (κ1) is 23.1. The van der Waals surface area contributed by atoms with Gasteiger partial charge in [-0.1, -0.05) is 31.0 Å². The number of nitrogens with one attached hydrogen (secondary N) is 3. The van der Waals surface area contributed by atoms with Crippen LogP contribution in [0.5, 0.6) is 5.75 Å². The molecule has 3 amide bonds. The van der Waals surface area contributed by atoms with Gasteiger partial charge in [0.05, 0.1) is 0 Å². The van der Waals surface area contributed by atoms with Gasteiger partial charge in [0, 0.05) is 24.0 Å². The van der Waals surface area contributed by atoms with E-state index in [1.54, 1.807) is 5.38 Å². The summed E-state index contributed by atoms with van der Waals surface area (Å²) >= 11 is 1.43. The topological polar surface area (TPSA) is 92.4 Å². The summed E-state index contributed by atoms with van der Waals surface area (Å²) in [4.78, 5) is 28.9. The Balaban J connectivity index is 1.38. The zero-order chi connectivity index (χ0) is 22.1. The molecule has 1 aromatic carbocycles. The van der Waals surface area contributed by atoms with Gasteiger partial charge in [-0.05, 0) is 51.2 Å². The monoisotopic (exact) mass is 444 g/mol. The Morgan fingerprint density at radius 2 is 1.77 bits per heavy atom. The summed E-state index contributed by atoms with van der Waals surface area (Å²) in [6.45, 7) is 5.18. The molecule has 0 aliphatic heterocycles. The molecule has 0 radical (unpaired) electrons. The van der Waals surface area contributed by atoms with E-state index in [2.05, 4.69) is 27.9 Å². The molecule has 0 spiro atoms. The number of hydrogen-bond acceptors (Lipinski definition) is 5. The van der Waals surface area contributed by atoms with Crippen molar-refractivity contribution in [1.82, 2.24) is 20.9 Å². The van der Waals surface area contributed by atoms with E-state index in [4.69, 9.17) is 4.74 Å². The average molecular weight is 445 g/mol. The fourth-order valence-corrected chi connectivity index (χ4v) is 4.20. The standard InChI is InChI=1S/C23H32N4O3S/c1-3-4-13-24-23(29)26-18-9-7-17(8-10-18)25-22(28)20-15-31-21(27-20)14-30-19-11-5-16(2)6-12-19/h5-6,11-12,15,17-18H,3-4,7-10,13-14H2,1-2H3,(H,25,28)(H2,24,26,29). The first-order chi connectivity index (χ1) is 15.0. The van der Waals surface area contributed by atoms with E-state index in [0.717, 1.165) is 49.3 Å². The second kappa shape index (κ2) is 11.7.